The van der Waals surface area contributed by atoms with Gasteiger partial charge in [0.2, 0.25) is 0 Å². The Labute approximate surface area is 120 Å². The Bertz CT molecular complexity index is 671. The molecular formula is C17H13F3O. The average molecular weight is 290 g/mol. The van der Waals surface area contributed by atoms with Crippen molar-refractivity contribution in [3.8, 4) is 0 Å². The van der Waals surface area contributed by atoms with Crippen LogP contribution in [0.15, 0.2) is 48.5 Å². The molecule has 0 N–H and O–H groups in total. The second-order valence-electron chi connectivity index (χ2n) is 5.32. The summed E-state index contributed by atoms with van der Waals surface area (Å²) in [7, 11) is 0. The molecule has 0 spiro atoms. The summed E-state index contributed by atoms with van der Waals surface area (Å²) < 4.78 is 37.5. The van der Waals surface area contributed by atoms with Gasteiger partial charge in [-0.2, -0.15) is 13.2 Å². The highest BCUT2D eigenvalue weighted by Gasteiger charge is 2.32. The smallest absolute Gasteiger partial charge is 0.294 e. The van der Waals surface area contributed by atoms with Crippen LogP contribution in [0.1, 0.15) is 27.0 Å². The molecule has 0 amide bonds. The van der Waals surface area contributed by atoms with E-state index in [4.69, 9.17) is 0 Å². The zero-order chi connectivity index (χ0) is 15.0. The van der Waals surface area contributed by atoms with E-state index in [0.29, 0.717) is 12.8 Å². The van der Waals surface area contributed by atoms with Crippen molar-refractivity contribution in [2.45, 2.75) is 19.0 Å². The molecule has 0 aliphatic heterocycles. The maximum atomic E-state index is 12.5. The van der Waals surface area contributed by atoms with E-state index in [9.17, 15) is 18.0 Å². The summed E-state index contributed by atoms with van der Waals surface area (Å²) in [5, 5.41) is 0. The van der Waals surface area contributed by atoms with Gasteiger partial charge in [-0.25, -0.2) is 0 Å². The number of rotatable bonds is 2. The van der Waals surface area contributed by atoms with Crippen LogP contribution in [-0.2, 0) is 19.0 Å². The van der Waals surface area contributed by atoms with Crippen LogP contribution >= 0.6 is 0 Å². The molecule has 21 heavy (non-hydrogen) atoms. The third-order valence-electron chi connectivity index (χ3n) is 3.88. The van der Waals surface area contributed by atoms with Crippen molar-refractivity contribution in [2.75, 3.05) is 0 Å². The lowest BCUT2D eigenvalue weighted by Gasteiger charge is -2.10. The summed E-state index contributed by atoms with van der Waals surface area (Å²) in [6, 6.07) is 12.5. The normalized spacial score (nSPS) is 17.9. The van der Waals surface area contributed by atoms with Crippen LogP contribution < -0.4 is 0 Å². The fourth-order valence-corrected chi connectivity index (χ4v) is 2.80. The van der Waals surface area contributed by atoms with Gasteiger partial charge < -0.3 is 0 Å². The lowest BCUT2D eigenvalue weighted by molar-refractivity contribution is -0.137. The van der Waals surface area contributed by atoms with Gasteiger partial charge in [0, 0.05) is 11.5 Å². The first-order valence-electron chi connectivity index (χ1n) is 6.73. The maximum Gasteiger partial charge on any atom is 0.416 e. The summed E-state index contributed by atoms with van der Waals surface area (Å²) in [5.41, 5.74) is 1.87. The van der Waals surface area contributed by atoms with Gasteiger partial charge in [-0.05, 0) is 36.1 Å². The summed E-state index contributed by atoms with van der Waals surface area (Å²) in [6.45, 7) is 0. The van der Waals surface area contributed by atoms with Gasteiger partial charge in [-0.3, -0.25) is 4.79 Å². The largest absolute Gasteiger partial charge is 0.416 e. The number of hydrogen-bond acceptors (Lipinski definition) is 1. The Morgan fingerprint density at radius 3 is 2.29 bits per heavy atom. The monoisotopic (exact) mass is 290 g/mol. The summed E-state index contributed by atoms with van der Waals surface area (Å²) in [6.07, 6.45) is -3.18. The van der Waals surface area contributed by atoms with Crippen molar-refractivity contribution in [2.24, 2.45) is 5.92 Å². The van der Waals surface area contributed by atoms with E-state index in [1.54, 1.807) is 0 Å². The molecule has 0 saturated heterocycles. The number of benzene rings is 2. The van der Waals surface area contributed by atoms with E-state index < -0.39 is 11.7 Å². The standard InChI is InChI=1S/C17H13F3O/c18-17(19,20)14-7-5-11(6-8-14)9-13-10-12-3-1-2-4-15(12)16(13)21/h1-8,13H,9-10H2. The number of fused-ring (bicyclic) bond motifs is 1. The lowest BCUT2D eigenvalue weighted by atomic mass is 9.95. The quantitative estimate of drug-likeness (QED) is 0.805. The Morgan fingerprint density at radius 2 is 1.67 bits per heavy atom. The molecule has 108 valence electrons. The first kappa shape index (κ1) is 13.9. The van der Waals surface area contributed by atoms with Crippen LogP contribution in [0.5, 0.6) is 0 Å². The van der Waals surface area contributed by atoms with Crippen molar-refractivity contribution in [3.63, 3.8) is 0 Å². The van der Waals surface area contributed by atoms with Gasteiger partial charge in [0.25, 0.3) is 0 Å². The molecule has 2 aromatic carbocycles. The van der Waals surface area contributed by atoms with E-state index >= 15 is 0 Å². The van der Waals surface area contributed by atoms with E-state index in [0.717, 1.165) is 28.8 Å². The van der Waals surface area contributed by atoms with Gasteiger partial charge >= 0.3 is 6.18 Å². The number of Topliss-reactive ketones (excluding diaryl/α,β-unsaturated/α-hetero) is 1. The van der Waals surface area contributed by atoms with Gasteiger partial charge in [0.05, 0.1) is 5.56 Å². The average Bonchev–Trinajstić information content (AvgIpc) is 2.76. The molecule has 1 atom stereocenters. The molecule has 0 bridgehead atoms. The van der Waals surface area contributed by atoms with Crippen LogP contribution in [0.4, 0.5) is 13.2 Å². The van der Waals surface area contributed by atoms with Gasteiger partial charge in [0.1, 0.15) is 0 Å². The van der Waals surface area contributed by atoms with Gasteiger partial charge in [-0.1, -0.05) is 36.4 Å². The van der Waals surface area contributed by atoms with Crippen LogP contribution in [0.3, 0.4) is 0 Å². The second kappa shape index (κ2) is 5.02. The molecule has 0 aromatic heterocycles. The summed E-state index contributed by atoms with van der Waals surface area (Å²) >= 11 is 0. The zero-order valence-electron chi connectivity index (χ0n) is 11.2. The van der Waals surface area contributed by atoms with Crippen molar-refractivity contribution in [3.05, 3.63) is 70.8 Å². The van der Waals surface area contributed by atoms with E-state index in [1.165, 1.54) is 12.1 Å². The number of carbonyl (C=O) groups excluding carboxylic acids is 1. The minimum Gasteiger partial charge on any atom is -0.294 e. The molecule has 1 aliphatic carbocycles. The predicted molar refractivity (Wildman–Crippen MR) is 73.1 cm³/mol. The van der Waals surface area contributed by atoms with Crippen molar-refractivity contribution >= 4 is 5.78 Å². The molecule has 0 heterocycles. The summed E-state index contributed by atoms with van der Waals surface area (Å²) in [4.78, 5) is 12.2. The third kappa shape index (κ3) is 2.71. The number of ketones is 1. The molecule has 1 aliphatic rings. The molecule has 0 radical (unpaired) electrons. The van der Waals surface area contributed by atoms with Gasteiger partial charge in [-0.15, -0.1) is 0 Å². The molecule has 2 aromatic rings. The predicted octanol–water partition coefficient (Wildman–Crippen LogP) is 4.30. The van der Waals surface area contributed by atoms with E-state index in [1.807, 2.05) is 24.3 Å². The minimum absolute atomic E-state index is 0.0884. The van der Waals surface area contributed by atoms with Crippen LogP contribution in [0, 0.1) is 5.92 Å². The van der Waals surface area contributed by atoms with E-state index in [2.05, 4.69) is 0 Å². The molecule has 0 fully saturated rings. The number of hydrogen-bond donors (Lipinski definition) is 0. The molecule has 0 saturated carbocycles. The van der Waals surface area contributed by atoms with Crippen molar-refractivity contribution < 1.29 is 18.0 Å². The Morgan fingerprint density at radius 1 is 1.00 bits per heavy atom. The maximum absolute atomic E-state index is 12.5. The summed E-state index contributed by atoms with van der Waals surface area (Å²) in [5.74, 6) is -0.0790. The second-order valence-corrected chi connectivity index (χ2v) is 5.32. The first-order valence-corrected chi connectivity index (χ1v) is 6.73. The van der Waals surface area contributed by atoms with Crippen molar-refractivity contribution in [1.29, 1.82) is 0 Å². The molecule has 4 heteroatoms. The van der Waals surface area contributed by atoms with Crippen LogP contribution in [0.25, 0.3) is 0 Å². The highest BCUT2D eigenvalue weighted by Crippen LogP contribution is 2.31. The third-order valence-corrected chi connectivity index (χ3v) is 3.88. The zero-order valence-corrected chi connectivity index (χ0v) is 11.2. The highest BCUT2D eigenvalue weighted by atomic mass is 19.4. The SMILES string of the molecule is O=C1c2ccccc2CC1Cc1ccc(C(F)(F)F)cc1. The Balaban J connectivity index is 1.76. The molecule has 3 rings (SSSR count). The topological polar surface area (TPSA) is 17.1 Å². The van der Waals surface area contributed by atoms with Crippen LogP contribution in [0.2, 0.25) is 0 Å². The fourth-order valence-electron chi connectivity index (χ4n) is 2.80. The van der Waals surface area contributed by atoms with E-state index in [-0.39, 0.29) is 11.7 Å². The van der Waals surface area contributed by atoms with Gasteiger partial charge in [0.15, 0.2) is 5.78 Å². The van der Waals surface area contributed by atoms with Crippen molar-refractivity contribution in [1.82, 2.24) is 0 Å². The molecule has 1 unspecified atom stereocenters. The molecule has 1 nitrogen and oxygen atoms in total. The lowest BCUT2D eigenvalue weighted by Crippen LogP contribution is -2.12. The fraction of sp³-hybridized carbons (Fsp3) is 0.235. The highest BCUT2D eigenvalue weighted by molar-refractivity contribution is 6.02. The molecular weight excluding hydrogens is 277 g/mol. The number of halogens is 3. The Hall–Kier alpha value is -2.10. The Kier molecular flexibility index (Phi) is 3.32. The minimum atomic E-state index is -4.32. The number of alkyl halides is 3. The van der Waals surface area contributed by atoms with Crippen LogP contribution in [-0.4, -0.2) is 5.78 Å². The number of carbonyl (C=O) groups is 1. The first-order chi connectivity index (χ1) is 9.95.